The molecule has 0 aliphatic heterocycles. The first kappa shape index (κ1) is 14.1. The molecule has 6 heteroatoms. The fraction of sp³-hybridized carbons (Fsp3) is 0.188. The summed E-state index contributed by atoms with van der Waals surface area (Å²) in [4.78, 5) is 26.3. The van der Waals surface area contributed by atoms with Crippen molar-refractivity contribution in [2.24, 2.45) is 7.05 Å². The van der Waals surface area contributed by atoms with Gasteiger partial charge < -0.3 is 10.3 Å². The number of hydrogen-bond donors (Lipinski definition) is 2. The number of pyridine rings is 1. The first-order chi connectivity index (χ1) is 10.6. The molecule has 0 fully saturated rings. The molecule has 0 bridgehead atoms. The predicted molar refractivity (Wildman–Crippen MR) is 84.7 cm³/mol. The zero-order valence-corrected chi connectivity index (χ0v) is 12.2. The smallest absolute Gasteiger partial charge is 0.255 e. The molecular weight excluding hydrogens is 280 g/mol. The number of amides is 1. The average molecular weight is 296 g/mol. The van der Waals surface area contributed by atoms with Crippen LogP contribution in [0.15, 0.2) is 47.5 Å². The fourth-order valence-corrected chi connectivity index (χ4v) is 2.38. The third-order valence-corrected chi connectivity index (χ3v) is 3.59. The number of aromatic amines is 1. The summed E-state index contributed by atoms with van der Waals surface area (Å²) in [5.41, 5.74) is 1.57. The van der Waals surface area contributed by atoms with Gasteiger partial charge in [0.1, 0.15) is 0 Å². The summed E-state index contributed by atoms with van der Waals surface area (Å²) in [6.07, 6.45) is 4.33. The molecule has 22 heavy (non-hydrogen) atoms. The van der Waals surface area contributed by atoms with E-state index in [1.807, 2.05) is 19.2 Å². The van der Waals surface area contributed by atoms with Gasteiger partial charge in [-0.05, 0) is 42.1 Å². The van der Waals surface area contributed by atoms with Crippen LogP contribution in [0.1, 0.15) is 12.1 Å². The summed E-state index contributed by atoms with van der Waals surface area (Å²) in [7, 11) is 1.86. The molecule has 3 aromatic rings. The Morgan fingerprint density at radius 3 is 2.95 bits per heavy atom. The largest absolute Gasteiger partial charge is 0.329 e. The first-order valence-corrected chi connectivity index (χ1v) is 7.02. The van der Waals surface area contributed by atoms with Gasteiger partial charge in [0.25, 0.3) is 5.56 Å². The lowest BCUT2D eigenvalue weighted by Crippen LogP contribution is -2.13. The Labute approximate surface area is 126 Å². The van der Waals surface area contributed by atoms with Crippen LogP contribution in [0, 0.1) is 0 Å². The van der Waals surface area contributed by atoms with Crippen LogP contribution < -0.4 is 10.9 Å². The Bertz CT molecular complexity index is 879. The van der Waals surface area contributed by atoms with E-state index in [4.69, 9.17) is 0 Å². The van der Waals surface area contributed by atoms with Crippen molar-refractivity contribution >= 4 is 22.4 Å². The molecule has 0 aliphatic rings. The van der Waals surface area contributed by atoms with Crippen LogP contribution in [0.25, 0.3) is 10.8 Å². The van der Waals surface area contributed by atoms with Crippen molar-refractivity contribution in [3.05, 3.63) is 58.8 Å². The topological polar surface area (TPSA) is 79.8 Å². The Morgan fingerprint density at radius 1 is 1.32 bits per heavy atom. The van der Waals surface area contributed by atoms with Crippen LogP contribution in [0.2, 0.25) is 0 Å². The van der Waals surface area contributed by atoms with Crippen molar-refractivity contribution in [1.29, 1.82) is 0 Å². The normalized spacial score (nSPS) is 10.8. The average Bonchev–Trinajstić information content (AvgIpc) is 2.91. The minimum absolute atomic E-state index is 0.0645. The molecule has 0 atom stereocenters. The Hall–Kier alpha value is -2.89. The molecule has 1 aromatic carbocycles. The molecule has 2 heterocycles. The van der Waals surface area contributed by atoms with Gasteiger partial charge in [-0.3, -0.25) is 14.3 Å². The van der Waals surface area contributed by atoms with E-state index in [-0.39, 0.29) is 11.5 Å². The highest BCUT2D eigenvalue weighted by Gasteiger charge is 2.06. The van der Waals surface area contributed by atoms with E-state index in [0.29, 0.717) is 23.9 Å². The molecule has 0 aliphatic carbocycles. The second-order valence-electron chi connectivity index (χ2n) is 5.10. The van der Waals surface area contributed by atoms with Crippen LogP contribution in [0.5, 0.6) is 0 Å². The third kappa shape index (κ3) is 2.90. The molecular formula is C16H16N4O2. The summed E-state index contributed by atoms with van der Waals surface area (Å²) in [6, 6.07) is 8.95. The summed E-state index contributed by atoms with van der Waals surface area (Å²) in [6.45, 7) is 0. The van der Waals surface area contributed by atoms with Gasteiger partial charge in [0.15, 0.2) is 0 Å². The van der Waals surface area contributed by atoms with Gasteiger partial charge in [0.05, 0.1) is 0 Å². The molecule has 0 radical (unpaired) electrons. The molecule has 1 amide bonds. The molecule has 6 nitrogen and oxygen atoms in total. The van der Waals surface area contributed by atoms with Gasteiger partial charge in [0.2, 0.25) is 5.91 Å². The number of benzene rings is 1. The highest BCUT2D eigenvalue weighted by atomic mass is 16.1. The maximum absolute atomic E-state index is 12.0. The number of anilines is 1. The third-order valence-electron chi connectivity index (χ3n) is 3.59. The Balaban J connectivity index is 1.69. The number of nitrogens with zero attached hydrogens (tertiary/aromatic N) is 2. The maximum Gasteiger partial charge on any atom is 0.255 e. The molecule has 2 aromatic heterocycles. The molecule has 0 saturated carbocycles. The first-order valence-electron chi connectivity index (χ1n) is 7.02. The lowest BCUT2D eigenvalue weighted by atomic mass is 10.1. The van der Waals surface area contributed by atoms with Gasteiger partial charge in [-0.25, -0.2) is 0 Å². The molecule has 0 unspecified atom stereocenters. The van der Waals surface area contributed by atoms with E-state index in [1.165, 1.54) is 0 Å². The lowest BCUT2D eigenvalue weighted by Gasteiger charge is -2.06. The minimum Gasteiger partial charge on any atom is -0.329 e. The highest BCUT2D eigenvalue weighted by Crippen LogP contribution is 2.16. The van der Waals surface area contributed by atoms with Gasteiger partial charge in [-0.1, -0.05) is 0 Å². The van der Waals surface area contributed by atoms with E-state index in [9.17, 15) is 9.59 Å². The molecule has 3 rings (SSSR count). The number of fused-ring (bicyclic) bond motifs is 1. The number of hydrogen-bond acceptors (Lipinski definition) is 3. The summed E-state index contributed by atoms with van der Waals surface area (Å²) >= 11 is 0. The standard InChI is InChI=1S/C16H16N4O2/c1-20-13(7-9-18-20)3-5-15(21)19-12-2-4-14-11(10-12)6-8-17-16(14)22/h2,4,6-10H,3,5H2,1H3,(H,17,22)(H,19,21). The number of rotatable bonds is 4. The van der Waals surface area contributed by atoms with Crippen LogP contribution in [0.3, 0.4) is 0 Å². The monoisotopic (exact) mass is 296 g/mol. The van der Waals surface area contributed by atoms with Gasteiger partial charge >= 0.3 is 0 Å². The predicted octanol–water partition coefficient (Wildman–Crippen LogP) is 1.83. The van der Waals surface area contributed by atoms with Crippen LogP contribution in [-0.4, -0.2) is 20.7 Å². The van der Waals surface area contributed by atoms with Crippen LogP contribution in [0.4, 0.5) is 5.69 Å². The molecule has 0 spiro atoms. The van der Waals surface area contributed by atoms with Crippen molar-refractivity contribution in [3.8, 4) is 0 Å². The van der Waals surface area contributed by atoms with Crippen molar-refractivity contribution < 1.29 is 4.79 Å². The highest BCUT2D eigenvalue weighted by molar-refractivity contribution is 5.94. The number of H-pyrrole nitrogens is 1. The number of carbonyl (C=O) groups excluding carboxylic acids is 1. The summed E-state index contributed by atoms with van der Waals surface area (Å²) in [5, 5.41) is 8.33. The SMILES string of the molecule is Cn1nccc1CCC(=O)Nc1ccc2c(=O)[nH]ccc2c1. The minimum atomic E-state index is -0.133. The number of carbonyl (C=O) groups is 1. The second kappa shape index (κ2) is 5.85. The quantitative estimate of drug-likeness (QED) is 0.771. The van der Waals surface area contributed by atoms with Crippen molar-refractivity contribution in [3.63, 3.8) is 0 Å². The van der Waals surface area contributed by atoms with Gasteiger partial charge in [0, 0.05) is 42.6 Å². The van der Waals surface area contributed by atoms with E-state index >= 15 is 0 Å². The number of aryl methyl sites for hydroxylation is 2. The maximum atomic E-state index is 12.0. The Morgan fingerprint density at radius 2 is 2.18 bits per heavy atom. The lowest BCUT2D eigenvalue weighted by molar-refractivity contribution is -0.116. The zero-order chi connectivity index (χ0) is 15.5. The second-order valence-corrected chi connectivity index (χ2v) is 5.10. The van der Waals surface area contributed by atoms with Gasteiger partial charge in [-0.2, -0.15) is 5.10 Å². The number of aromatic nitrogens is 3. The summed E-state index contributed by atoms with van der Waals surface area (Å²) < 4.78 is 1.76. The zero-order valence-electron chi connectivity index (χ0n) is 12.2. The molecule has 2 N–H and O–H groups in total. The number of nitrogens with one attached hydrogen (secondary N) is 2. The van der Waals surface area contributed by atoms with Crippen LogP contribution in [-0.2, 0) is 18.3 Å². The summed E-state index contributed by atoms with van der Waals surface area (Å²) in [5.74, 6) is -0.0645. The van der Waals surface area contributed by atoms with Crippen molar-refractivity contribution in [2.45, 2.75) is 12.8 Å². The van der Waals surface area contributed by atoms with Crippen LogP contribution >= 0.6 is 0 Å². The van der Waals surface area contributed by atoms with E-state index in [2.05, 4.69) is 15.4 Å². The van der Waals surface area contributed by atoms with Gasteiger partial charge in [-0.15, -0.1) is 0 Å². The van der Waals surface area contributed by atoms with E-state index in [0.717, 1.165) is 11.1 Å². The molecule has 0 saturated heterocycles. The van der Waals surface area contributed by atoms with Crippen molar-refractivity contribution in [1.82, 2.24) is 14.8 Å². The Kier molecular flexibility index (Phi) is 3.74. The van der Waals surface area contributed by atoms with E-state index in [1.54, 1.807) is 35.3 Å². The fourth-order valence-electron chi connectivity index (χ4n) is 2.38. The van der Waals surface area contributed by atoms with E-state index < -0.39 is 0 Å². The molecule has 112 valence electrons. The van der Waals surface area contributed by atoms with Crippen molar-refractivity contribution in [2.75, 3.05) is 5.32 Å².